The van der Waals surface area contributed by atoms with Crippen LogP contribution in [-0.4, -0.2) is 41.4 Å². The highest BCUT2D eigenvalue weighted by molar-refractivity contribution is 6.38. The van der Waals surface area contributed by atoms with E-state index in [1.54, 1.807) is 13.8 Å². The Bertz CT molecular complexity index is 609. The lowest BCUT2D eigenvalue weighted by Gasteiger charge is -2.39. The van der Waals surface area contributed by atoms with Crippen molar-refractivity contribution in [1.29, 1.82) is 0 Å². The Kier molecular flexibility index (Phi) is 6.59. The number of hydrogen-bond donors (Lipinski definition) is 2. The maximum absolute atomic E-state index is 15.0. The number of Topliss-reactive ketones (excluding diaryl/α,β-unsaturated/α-hetero) is 2. The standard InChI is InChI=1S/C19H29FN2O5/c1-12(2)27-17(26)22-13(10-19(20)8-3-4-9-19)14(23)11-18(6-5-7-18)15(24)16(21)25/h12-13H,3-11H2,1-2H3,(H2,21,25)(H,22,26)/t13-/m0/s1. The van der Waals surface area contributed by atoms with Crippen LogP contribution in [-0.2, 0) is 19.1 Å². The van der Waals surface area contributed by atoms with Crippen molar-refractivity contribution in [2.75, 3.05) is 0 Å². The molecule has 2 saturated carbocycles. The van der Waals surface area contributed by atoms with E-state index in [-0.39, 0.29) is 18.9 Å². The van der Waals surface area contributed by atoms with Gasteiger partial charge in [-0.15, -0.1) is 0 Å². The summed E-state index contributed by atoms with van der Waals surface area (Å²) in [6.07, 6.45) is 2.08. The smallest absolute Gasteiger partial charge is 0.407 e. The monoisotopic (exact) mass is 384 g/mol. The topological polar surface area (TPSA) is 116 Å². The molecule has 2 rings (SSSR count). The fourth-order valence-corrected chi connectivity index (χ4v) is 4.02. The largest absolute Gasteiger partial charge is 0.447 e. The zero-order valence-electron chi connectivity index (χ0n) is 16.0. The van der Waals surface area contributed by atoms with E-state index >= 15 is 0 Å². The highest BCUT2D eigenvalue weighted by Crippen LogP contribution is 2.46. The summed E-state index contributed by atoms with van der Waals surface area (Å²) < 4.78 is 20.0. The van der Waals surface area contributed by atoms with Crippen LogP contribution in [0.15, 0.2) is 0 Å². The summed E-state index contributed by atoms with van der Waals surface area (Å²) in [4.78, 5) is 48.4. The Morgan fingerprint density at radius 3 is 2.11 bits per heavy atom. The van der Waals surface area contributed by atoms with Crippen LogP contribution in [0.3, 0.4) is 0 Å². The lowest BCUT2D eigenvalue weighted by atomic mass is 9.62. The van der Waals surface area contributed by atoms with Gasteiger partial charge in [0.1, 0.15) is 5.67 Å². The third kappa shape index (κ3) is 5.26. The number of halogens is 1. The third-order valence-electron chi connectivity index (χ3n) is 5.62. The van der Waals surface area contributed by atoms with Crippen LogP contribution >= 0.6 is 0 Å². The van der Waals surface area contributed by atoms with Gasteiger partial charge in [-0.25, -0.2) is 9.18 Å². The molecule has 0 spiro atoms. The van der Waals surface area contributed by atoms with Gasteiger partial charge < -0.3 is 15.8 Å². The summed E-state index contributed by atoms with van der Waals surface area (Å²) in [6, 6.07) is -1.10. The molecular formula is C19H29FN2O5. The van der Waals surface area contributed by atoms with E-state index in [0.29, 0.717) is 32.1 Å². The molecule has 0 radical (unpaired) electrons. The molecule has 0 heterocycles. The highest BCUT2D eigenvalue weighted by atomic mass is 19.1. The van der Waals surface area contributed by atoms with E-state index in [1.807, 2.05) is 0 Å². The molecule has 152 valence electrons. The first-order valence-corrected chi connectivity index (χ1v) is 9.60. The number of carbonyl (C=O) groups is 4. The average Bonchev–Trinajstić information content (AvgIpc) is 2.95. The first kappa shape index (κ1) is 21.3. The lowest BCUT2D eigenvalue weighted by Crippen LogP contribution is -2.51. The molecule has 1 atom stereocenters. The van der Waals surface area contributed by atoms with Gasteiger partial charge in [-0.2, -0.15) is 0 Å². The van der Waals surface area contributed by atoms with Gasteiger partial charge in [0.2, 0.25) is 5.78 Å². The van der Waals surface area contributed by atoms with Gasteiger partial charge in [-0.1, -0.05) is 19.3 Å². The van der Waals surface area contributed by atoms with E-state index in [2.05, 4.69) is 5.32 Å². The Morgan fingerprint density at radius 1 is 1.07 bits per heavy atom. The Labute approximate surface area is 158 Å². The third-order valence-corrected chi connectivity index (χ3v) is 5.62. The fraction of sp³-hybridized carbons (Fsp3) is 0.789. The molecule has 3 N–H and O–H groups in total. The molecule has 2 amide bonds. The molecule has 0 saturated heterocycles. The number of carbonyl (C=O) groups excluding carboxylic acids is 4. The first-order chi connectivity index (χ1) is 12.6. The fourth-order valence-electron chi connectivity index (χ4n) is 4.02. The zero-order chi connectivity index (χ0) is 20.2. The zero-order valence-corrected chi connectivity index (χ0v) is 16.0. The normalized spacial score (nSPS) is 21.2. The van der Waals surface area contributed by atoms with Crippen molar-refractivity contribution in [2.45, 2.75) is 89.4 Å². The second-order valence-corrected chi connectivity index (χ2v) is 8.18. The summed E-state index contributed by atoms with van der Waals surface area (Å²) in [5.41, 5.74) is 2.49. The maximum Gasteiger partial charge on any atom is 0.407 e. The minimum atomic E-state index is -1.52. The molecule has 0 aromatic rings. The predicted octanol–water partition coefficient (Wildman–Crippen LogP) is 2.35. The minimum Gasteiger partial charge on any atom is -0.447 e. The summed E-state index contributed by atoms with van der Waals surface area (Å²) in [7, 11) is 0. The predicted molar refractivity (Wildman–Crippen MR) is 95.6 cm³/mol. The number of nitrogens with one attached hydrogen (secondary N) is 1. The van der Waals surface area contributed by atoms with Crippen LogP contribution in [0.4, 0.5) is 9.18 Å². The molecule has 0 bridgehead atoms. The van der Waals surface area contributed by atoms with Crippen LogP contribution in [0.5, 0.6) is 0 Å². The van der Waals surface area contributed by atoms with Gasteiger partial charge in [0.25, 0.3) is 5.91 Å². The van der Waals surface area contributed by atoms with E-state index in [1.165, 1.54) is 0 Å². The van der Waals surface area contributed by atoms with Gasteiger partial charge in [0.05, 0.1) is 12.1 Å². The van der Waals surface area contributed by atoms with Gasteiger partial charge >= 0.3 is 6.09 Å². The summed E-state index contributed by atoms with van der Waals surface area (Å²) in [6.45, 7) is 3.33. The average molecular weight is 384 g/mol. The number of primary amides is 1. The van der Waals surface area contributed by atoms with Gasteiger partial charge in [0, 0.05) is 18.3 Å². The summed E-state index contributed by atoms with van der Waals surface area (Å²) in [5, 5.41) is 2.46. The van der Waals surface area contributed by atoms with E-state index in [0.717, 1.165) is 12.8 Å². The van der Waals surface area contributed by atoms with Crippen molar-refractivity contribution in [1.82, 2.24) is 5.32 Å². The molecule has 2 aliphatic rings. The van der Waals surface area contributed by atoms with Crippen molar-refractivity contribution in [3.63, 3.8) is 0 Å². The number of amides is 2. The number of rotatable bonds is 9. The quantitative estimate of drug-likeness (QED) is 0.592. The molecule has 0 aromatic heterocycles. The molecular weight excluding hydrogens is 355 g/mol. The number of hydrogen-bond acceptors (Lipinski definition) is 5. The van der Waals surface area contributed by atoms with Crippen molar-refractivity contribution < 1.29 is 28.3 Å². The highest BCUT2D eigenvalue weighted by Gasteiger charge is 2.49. The van der Waals surface area contributed by atoms with E-state index < -0.39 is 40.7 Å². The van der Waals surface area contributed by atoms with Crippen LogP contribution in [0.1, 0.15) is 71.6 Å². The molecule has 27 heavy (non-hydrogen) atoms. The van der Waals surface area contributed by atoms with Crippen LogP contribution < -0.4 is 11.1 Å². The van der Waals surface area contributed by atoms with Crippen molar-refractivity contribution >= 4 is 23.6 Å². The maximum atomic E-state index is 15.0. The number of nitrogens with two attached hydrogens (primary N) is 1. The second kappa shape index (κ2) is 8.35. The van der Waals surface area contributed by atoms with Gasteiger partial charge in [0.15, 0.2) is 5.78 Å². The Hall–Kier alpha value is -1.99. The molecule has 2 fully saturated rings. The number of ketones is 2. The summed E-state index contributed by atoms with van der Waals surface area (Å²) >= 11 is 0. The van der Waals surface area contributed by atoms with E-state index in [9.17, 15) is 23.6 Å². The first-order valence-electron chi connectivity index (χ1n) is 9.60. The van der Waals surface area contributed by atoms with Crippen LogP contribution in [0.2, 0.25) is 0 Å². The second-order valence-electron chi connectivity index (χ2n) is 8.18. The van der Waals surface area contributed by atoms with Crippen LogP contribution in [0, 0.1) is 5.41 Å². The molecule has 0 aliphatic heterocycles. The molecule has 8 heteroatoms. The Morgan fingerprint density at radius 2 is 1.67 bits per heavy atom. The molecule has 7 nitrogen and oxygen atoms in total. The lowest BCUT2D eigenvalue weighted by molar-refractivity contribution is -0.148. The van der Waals surface area contributed by atoms with Crippen LogP contribution in [0.25, 0.3) is 0 Å². The van der Waals surface area contributed by atoms with Gasteiger partial charge in [-0.05, 0) is 39.5 Å². The number of ether oxygens (including phenoxy) is 1. The van der Waals surface area contributed by atoms with E-state index in [4.69, 9.17) is 10.5 Å². The van der Waals surface area contributed by atoms with Crippen molar-refractivity contribution in [3.05, 3.63) is 0 Å². The number of alkyl halides is 1. The minimum absolute atomic E-state index is 0.153. The van der Waals surface area contributed by atoms with Crippen molar-refractivity contribution in [2.24, 2.45) is 11.1 Å². The number of alkyl carbamates (subject to hydrolysis) is 1. The summed E-state index contributed by atoms with van der Waals surface area (Å²) in [5.74, 6) is -2.29. The molecule has 2 aliphatic carbocycles. The van der Waals surface area contributed by atoms with Crippen molar-refractivity contribution in [3.8, 4) is 0 Å². The Balaban J connectivity index is 2.13. The SMILES string of the molecule is CC(C)OC(=O)N[C@@H](CC1(F)CCCC1)C(=O)CC1(C(=O)C(N)=O)CCC1. The molecule has 0 aromatic carbocycles. The van der Waals surface area contributed by atoms with Gasteiger partial charge in [-0.3, -0.25) is 14.4 Å². The molecule has 0 unspecified atom stereocenters.